The molecule has 28 heavy (non-hydrogen) atoms. The summed E-state index contributed by atoms with van der Waals surface area (Å²) >= 11 is 17.6. The van der Waals surface area contributed by atoms with Crippen LogP contribution in [-0.4, -0.2) is 23.5 Å². The third-order valence-corrected chi connectivity index (χ3v) is 4.98. The Balaban J connectivity index is 2.04. The van der Waals surface area contributed by atoms with Crippen molar-refractivity contribution in [3.8, 4) is 0 Å². The molecule has 0 aliphatic carbocycles. The number of nitrogen functional groups attached to an aromatic ring is 1. The Bertz CT molecular complexity index is 860. The molecule has 2 aromatic rings. The van der Waals surface area contributed by atoms with Crippen LogP contribution in [-0.2, 0) is 9.53 Å². The van der Waals surface area contributed by atoms with Gasteiger partial charge in [0, 0.05) is 0 Å². The molecule has 1 amide bonds. The molecule has 150 valence electrons. The first-order chi connectivity index (χ1) is 13.2. The first-order valence-corrected chi connectivity index (χ1v) is 9.65. The predicted molar refractivity (Wildman–Crippen MR) is 111 cm³/mol. The number of nitrogens with zero attached hydrogens (tertiary/aromatic N) is 1. The SMILES string of the molecule is CC(C)CC(NC(=O)COC(=O)c1nc(Cl)c(Cl)c(N)c1Cl)c1ccccc1. The number of amides is 1. The van der Waals surface area contributed by atoms with Gasteiger partial charge < -0.3 is 15.8 Å². The number of halogens is 3. The van der Waals surface area contributed by atoms with E-state index in [1.54, 1.807) is 0 Å². The highest BCUT2D eigenvalue weighted by molar-refractivity contribution is 6.46. The Morgan fingerprint density at radius 2 is 1.79 bits per heavy atom. The molecule has 2 rings (SSSR count). The molecule has 1 aromatic heterocycles. The zero-order valence-electron chi connectivity index (χ0n) is 15.3. The fourth-order valence-corrected chi connectivity index (χ4v) is 3.12. The minimum Gasteiger partial charge on any atom is -0.451 e. The van der Waals surface area contributed by atoms with Crippen molar-refractivity contribution >= 4 is 52.4 Å². The van der Waals surface area contributed by atoms with Crippen molar-refractivity contribution in [2.24, 2.45) is 5.92 Å². The Kier molecular flexibility index (Phi) is 7.92. The summed E-state index contributed by atoms with van der Waals surface area (Å²) in [6.07, 6.45) is 0.737. The Labute approximate surface area is 178 Å². The number of esters is 1. The number of nitrogens with two attached hydrogens (primary N) is 1. The number of pyridine rings is 1. The van der Waals surface area contributed by atoms with Gasteiger partial charge in [-0.15, -0.1) is 0 Å². The molecule has 1 aromatic carbocycles. The molecule has 0 aliphatic heterocycles. The van der Waals surface area contributed by atoms with Gasteiger partial charge in [-0.25, -0.2) is 9.78 Å². The minimum absolute atomic E-state index is 0.0552. The number of aromatic nitrogens is 1. The lowest BCUT2D eigenvalue weighted by Crippen LogP contribution is -2.33. The molecule has 6 nitrogen and oxygen atoms in total. The van der Waals surface area contributed by atoms with E-state index < -0.39 is 18.5 Å². The lowest BCUT2D eigenvalue weighted by atomic mass is 9.97. The molecule has 0 saturated carbocycles. The van der Waals surface area contributed by atoms with Gasteiger partial charge in [-0.1, -0.05) is 79.0 Å². The van der Waals surface area contributed by atoms with Crippen LogP contribution in [0.15, 0.2) is 30.3 Å². The van der Waals surface area contributed by atoms with Crippen LogP contribution in [0.25, 0.3) is 0 Å². The highest BCUT2D eigenvalue weighted by atomic mass is 35.5. The van der Waals surface area contributed by atoms with Crippen LogP contribution < -0.4 is 11.1 Å². The van der Waals surface area contributed by atoms with Gasteiger partial charge in [-0.2, -0.15) is 0 Å². The molecule has 0 radical (unpaired) electrons. The highest BCUT2D eigenvalue weighted by Gasteiger charge is 2.22. The van der Waals surface area contributed by atoms with Crippen LogP contribution in [0.4, 0.5) is 5.69 Å². The van der Waals surface area contributed by atoms with Crippen LogP contribution in [0.2, 0.25) is 15.2 Å². The van der Waals surface area contributed by atoms with Gasteiger partial charge in [-0.05, 0) is 17.9 Å². The van der Waals surface area contributed by atoms with Gasteiger partial charge in [0.25, 0.3) is 5.91 Å². The number of anilines is 1. The Hall–Kier alpha value is -2.02. The summed E-state index contributed by atoms with van der Waals surface area (Å²) in [5.41, 5.74) is 6.26. The van der Waals surface area contributed by atoms with Gasteiger partial charge in [-0.3, -0.25) is 4.79 Å². The minimum atomic E-state index is -0.925. The summed E-state index contributed by atoms with van der Waals surface area (Å²) in [5.74, 6) is -1.02. The Morgan fingerprint density at radius 3 is 2.39 bits per heavy atom. The van der Waals surface area contributed by atoms with E-state index in [1.165, 1.54) is 0 Å². The fraction of sp³-hybridized carbons (Fsp3) is 0.316. The number of carbonyl (C=O) groups excluding carboxylic acids is 2. The van der Waals surface area contributed by atoms with E-state index in [1.807, 2.05) is 30.3 Å². The van der Waals surface area contributed by atoms with E-state index in [2.05, 4.69) is 24.1 Å². The number of ether oxygens (including phenoxy) is 1. The number of benzene rings is 1. The molecule has 1 atom stereocenters. The average Bonchev–Trinajstić information content (AvgIpc) is 2.67. The molecule has 3 N–H and O–H groups in total. The lowest BCUT2D eigenvalue weighted by molar-refractivity contribution is -0.125. The van der Waals surface area contributed by atoms with Crippen molar-refractivity contribution in [3.63, 3.8) is 0 Å². The van der Waals surface area contributed by atoms with Gasteiger partial charge in [0.1, 0.15) is 5.02 Å². The zero-order chi connectivity index (χ0) is 20.8. The van der Waals surface area contributed by atoms with Crippen molar-refractivity contribution in [1.82, 2.24) is 10.3 Å². The van der Waals surface area contributed by atoms with Crippen LogP contribution in [0, 0.1) is 5.92 Å². The van der Waals surface area contributed by atoms with E-state index in [4.69, 9.17) is 45.3 Å². The summed E-state index contributed by atoms with van der Waals surface area (Å²) in [6.45, 7) is 3.62. The number of carbonyl (C=O) groups is 2. The summed E-state index contributed by atoms with van der Waals surface area (Å²) in [4.78, 5) is 28.3. The van der Waals surface area contributed by atoms with E-state index in [-0.39, 0.29) is 32.6 Å². The quantitative estimate of drug-likeness (QED) is 0.477. The van der Waals surface area contributed by atoms with E-state index in [9.17, 15) is 9.59 Å². The summed E-state index contributed by atoms with van der Waals surface area (Å²) in [7, 11) is 0. The van der Waals surface area contributed by atoms with Gasteiger partial charge in [0.15, 0.2) is 17.5 Å². The van der Waals surface area contributed by atoms with E-state index >= 15 is 0 Å². The normalized spacial score (nSPS) is 11.9. The second kappa shape index (κ2) is 9.96. The fourth-order valence-electron chi connectivity index (χ4n) is 2.54. The van der Waals surface area contributed by atoms with Crippen molar-refractivity contribution in [2.75, 3.05) is 12.3 Å². The van der Waals surface area contributed by atoms with Gasteiger partial charge in [0.05, 0.1) is 16.8 Å². The molecule has 1 unspecified atom stereocenters. The zero-order valence-corrected chi connectivity index (χ0v) is 17.6. The third-order valence-electron chi connectivity index (χ3n) is 3.84. The standard InChI is InChI=1S/C19H20Cl3N3O3/c1-10(2)8-12(11-6-4-3-5-7-11)24-13(26)9-28-19(27)17-14(20)16(23)15(21)18(22)25-17/h3-7,10,12H,8-9H2,1-2H3,(H2,23,25)(H,24,26). The smallest absolute Gasteiger partial charge is 0.359 e. The van der Waals surface area contributed by atoms with Crippen LogP contribution in [0.1, 0.15) is 42.4 Å². The second-order valence-corrected chi connectivity index (χ2v) is 7.64. The Morgan fingerprint density at radius 1 is 1.14 bits per heavy atom. The molecular formula is C19H20Cl3N3O3. The molecular weight excluding hydrogens is 425 g/mol. The first-order valence-electron chi connectivity index (χ1n) is 8.52. The topological polar surface area (TPSA) is 94.3 Å². The number of rotatable bonds is 7. The predicted octanol–water partition coefficient (Wildman–Crippen LogP) is 4.68. The molecule has 0 aliphatic rings. The third kappa shape index (κ3) is 5.74. The maximum absolute atomic E-state index is 12.3. The second-order valence-electron chi connectivity index (χ2n) is 6.53. The molecule has 9 heteroatoms. The van der Waals surface area contributed by atoms with Crippen LogP contribution in [0.5, 0.6) is 0 Å². The van der Waals surface area contributed by atoms with Crippen molar-refractivity contribution in [1.29, 1.82) is 0 Å². The average molecular weight is 445 g/mol. The lowest BCUT2D eigenvalue weighted by Gasteiger charge is -2.21. The largest absolute Gasteiger partial charge is 0.451 e. The van der Waals surface area contributed by atoms with Crippen LogP contribution in [0.3, 0.4) is 0 Å². The molecule has 0 spiro atoms. The highest BCUT2D eigenvalue weighted by Crippen LogP contribution is 2.34. The molecule has 0 fully saturated rings. The molecule has 0 saturated heterocycles. The maximum atomic E-state index is 12.3. The molecule has 0 bridgehead atoms. The summed E-state index contributed by atoms with van der Waals surface area (Å²) < 4.78 is 5.01. The van der Waals surface area contributed by atoms with Crippen molar-refractivity contribution in [3.05, 3.63) is 56.8 Å². The number of nitrogens with one attached hydrogen (secondary N) is 1. The number of hydrogen-bond acceptors (Lipinski definition) is 5. The molecule has 1 heterocycles. The van der Waals surface area contributed by atoms with Gasteiger partial charge in [0.2, 0.25) is 0 Å². The van der Waals surface area contributed by atoms with Gasteiger partial charge >= 0.3 is 5.97 Å². The monoisotopic (exact) mass is 443 g/mol. The van der Waals surface area contributed by atoms with Crippen LogP contribution >= 0.6 is 34.8 Å². The number of hydrogen-bond donors (Lipinski definition) is 2. The first kappa shape index (κ1) is 22.3. The van der Waals surface area contributed by atoms with Crippen molar-refractivity contribution < 1.29 is 14.3 Å². The van der Waals surface area contributed by atoms with E-state index in [0.717, 1.165) is 12.0 Å². The van der Waals surface area contributed by atoms with Crippen molar-refractivity contribution in [2.45, 2.75) is 26.3 Å². The summed E-state index contributed by atoms with van der Waals surface area (Å²) in [5, 5.41) is 2.46. The summed E-state index contributed by atoms with van der Waals surface area (Å²) in [6, 6.07) is 9.37. The maximum Gasteiger partial charge on any atom is 0.359 e. The van der Waals surface area contributed by atoms with E-state index in [0.29, 0.717) is 5.92 Å².